The maximum atomic E-state index is 4.51. The van der Waals surface area contributed by atoms with Gasteiger partial charge in [0.25, 0.3) is 0 Å². The van der Waals surface area contributed by atoms with Crippen LogP contribution < -0.4 is 5.32 Å². The average Bonchev–Trinajstić information content (AvgIpc) is 2.53. The van der Waals surface area contributed by atoms with Crippen molar-refractivity contribution in [2.75, 3.05) is 5.32 Å². The van der Waals surface area contributed by atoms with Crippen molar-refractivity contribution in [2.45, 2.75) is 26.3 Å². The number of para-hydroxylation sites is 1. The fraction of sp³-hybridized carbons (Fsp3) is 0.211. The molecule has 0 aliphatic rings. The van der Waals surface area contributed by atoms with Crippen molar-refractivity contribution in [3.05, 3.63) is 71.9 Å². The largest absolute Gasteiger partial charge is 0.377 e. The number of anilines is 1. The van der Waals surface area contributed by atoms with Crippen LogP contribution >= 0.6 is 0 Å². The van der Waals surface area contributed by atoms with Gasteiger partial charge in [-0.25, -0.2) is 0 Å². The molecule has 1 N–H and O–H groups in total. The maximum Gasteiger partial charge on any atom is 0.0703 e. The predicted molar refractivity (Wildman–Crippen MR) is 89.6 cm³/mol. The molecule has 1 atom stereocenters. The first-order valence-corrected chi connectivity index (χ1v) is 7.44. The van der Waals surface area contributed by atoms with Crippen LogP contribution in [0.5, 0.6) is 0 Å². The lowest BCUT2D eigenvalue weighted by atomic mass is 10.0. The highest BCUT2D eigenvalue weighted by Gasteiger charge is 2.09. The second-order valence-corrected chi connectivity index (χ2v) is 5.43. The summed E-state index contributed by atoms with van der Waals surface area (Å²) in [5, 5.41) is 4.76. The van der Waals surface area contributed by atoms with Gasteiger partial charge in [-0.3, -0.25) is 4.98 Å². The number of rotatable bonds is 4. The Morgan fingerprint density at radius 1 is 1.05 bits per heavy atom. The summed E-state index contributed by atoms with van der Waals surface area (Å²) in [7, 11) is 0. The van der Waals surface area contributed by atoms with Gasteiger partial charge in [0.05, 0.1) is 23.4 Å². The number of aromatic nitrogens is 1. The zero-order valence-corrected chi connectivity index (χ0v) is 12.5. The topological polar surface area (TPSA) is 24.9 Å². The third kappa shape index (κ3) is 3.05. The van der Waals surface area contributed by atoms with Gasteiger partial charge in [-0.2, -0.15) is 0 Å². The van der Waals surface area contributed by atoms with Crippen LogP contribution in [-0.4, -0.2) is 4.98 Å². The third-order valence-electron chi connectivity index (χ3n) is 3.82. The molecule has 1 aromatic heterocycles. The molecular formula is C19H20N2. The lowest BCUT2D eigenvalue weighted by Gasteiger charge is -2.19. The lowest BCUT2D eigenvalue weighted by molar-refractivity contribution is 0.749. The highest BCUT2D eigenvalue weighted by atomic mass is 14.9. The highest BCUT2D eigenvalue weighted by molar-refractivity contribution is 5.81. The van der Waals surface area contributed by atoms with Gasteiger partial charge in [-0.15, -0.1) is 0 Å². The zero-order chi connectivity index (χ0) is 14.7. The molecule has 0 saturated carbocycles. The Bertz CT molecular complexity index is 732. The normalized spacial score (nSPS) is 12.3. The minimum atomic E-state index is 0.313. The van der Waals surface area contributed by atoms with E-state index in [-0.39, 0.29) is 0 Å². The Morgan fingerprint density at radius 2 is 1.81 bits per heavy atom. The number of nitrogens with zero attached hydrogens (tertiary/aromatic N) is 1. The first-order chi connectivity index (χ1) is 10.3. The fourth-order valence-electron chi connectivity index (χ4n) is 2.57. The first-order valence-electron chi connectivity index (χ1n) is 7.44. The Kier molecular flexibility index (Phi) is 3.87. The molecule has 0 saturated heterocycles. The number of fused-ring (bicyclic) bond motifs is 1. The fourth-order valence-corrected chi connectivity index (χ4v) is 2.57. The molecule has 1 unspecified atom stereocenters. The number of hydrogen-bond donors (Lipinski definition) is 1. The molecule has 0 spiro atoms. The molecule has 2 heteroatoms. The monoisotopic (exact) mass is 276 g/mol. The molecule has 0 radical (unpaired) electrons. The Labute approximate surface area is 125 Å². The van der Waals surface area contributed by atoms with Crippen LogP contribution in [0.15, 0.2) is 60.8 Å². The van der Waals surface area contributed by atoms with Crippen LogP contribution in [0.2, 0.25) is 0 Å². The number of hydrogen-bond acceptors (Lipinski definition) is 2. The van der Waals surface area contributed by atoms with Crippen molar-refractivity contribution < 1.29 is 0 Å². The number of aryl methyl sites for hydroxylation is 1. The zero-order valence-electron chi connectivity index (χ0n) is 12.5. The van der Waals surface area contributed by atoms with Crippen molar-refractivity contribution in [1.82, 2.24) is 4.98 Å². The quantitative estimate of drug-likeness (QED) is 0.716. The van der Waals surface area contributed by atoms with Crippen molar-refractivity contribution in [3.8, 4) is 0 Å². The Morgan fingerprint density at radius 3 is 2.57 bits per heavy atom. The average molecular weight is 276 g/mol. The molecule has 3 aromatic rings. The van der Waals surface area contributed by atoms with Crippen LogP contribution in [0, 0.1) is 6.92 Å². The van der Waals surface area contributed by atoms with Gasteiger partial charge < -0.3 is 5.32 Å². The molecule has 2 aromatic carbocycles. The molecule has 3 rings (SSSR count). The van der Waals surface area contributed by atoms with Gasteiger partial charge >= 0.3 is 0 Å². The van der Waals surface area contributed by atoms with Crippen molar-refractivity contribution in [2.24, 2.45) is 0 Å². The summed E-state index contributed by atoms with van der Waals surface area (Å²) in [6, 6.07) is 19.4. The number of nitrogens with one attached hydrogen (secondary N) is 1. The standard InChI is InChI=1S/C19H20N2/c1-3-18(15-10-8-14(2)9-11-15)21-17-12-16-6-4-5-7-19(16)20-13-17/h4-13,18,21H,3H2,1-2H3. The SMILES string of the molecule is CCC(Nc1cnc2ccccc2c1)c1ccc(C)cc1. The lowest BCUT2D eigenvalue weighted by Crippen LogP contribution is -2.09. The molecule has 0 aliphatic heterocycles. The minimum Gasteiger partial charge on any atom is -0.377 e. The van der Waals surface area contributed by atoms with Gasteiger partial charge in [-0.05, 0) is 31.0 Å². The first kappa shape index (κ1) is 13.6. The summed E-state index contributed by atoms with van der Waals surface area (Å²) in [6.45, 7) is 4.32. The smallest absolute Gasteiger partial charge is 0.0703 e. The van der Waals surface area contributed by atoms with Crippen LogP contribution in [0.3, 0.4) is 0 Å². The molecule has 1 heterocycles. The van der Waals surface area contributed by atoms with E-state index in [1.54, 1.807) is 0 Å². The van der Waals surface area contributed by atoms with Crippen molar-refractivity contribution in [3.63, 3.8) is 0 Å². The summed E-state index contributed by atoms with van der Waals surface area (Å²) < 4.78 is 0. The van der Waals surface area contributed by atoms with Crippen LogP contribution in [-0.2, 0) is 0 Å². The van der Waals surface area contributed by atoms with Crippen LogP contribution in [0.1, 0.15) is 30.5 Å². The van der Waals surface area contributed by atoms with Crippen molar-refractivity contribution >= 4 is 16.6 Å². The Hall–Kier alpha value is -2.35. The van der Waals surface area contributed by atoms with Gasteiger partial charge in [0.15, 0.2) is 0 Å². The number of pyridine rings is 1. The molecule has 106 valence electrons. The molecule has 0 amide bonds. The molecular weight excluding hydrogens is 256 g/mol. The summed E-state index contributed by atoms with van der Waals surface area (Å²) in [5.74, 6) is 0. The molecule has 2 nitrogen and oxygen atoms in total. The van der Waals surface area contributed by atoms with Gasteiger partial charge in [-0.1, -0.05) is 55.0 Å². The van der Waals surface area contributed by atoms with E-state index in [2.05, 4.69) is 60.5 Å². The van der Waals surface area contributed by atoms with Crippen molar-refractivity contribution in [1.29, 1.82) is 0 Å². The minimum absolute atomic E-state index is 0.313. The molecule has 0 aliphatic carbocycles. The highest BCUT2D eigenvalue weighted by Crippen LogP contribution is 2.24. The summed E-state index contributed by atoms with van der Waals surface area (Å²) in [4.78, 5) is 4.51. The van der Waals surface area contributed by atoms with E-state index in [9.17, 15) is 0 Å². The van der Waals surface area contributed by atoms with Gasteiger partial charge in [0.2, 0.25) is 0 Å². The van der Waals surface area contributed by atoms with E-state index in [1.807, 2.05) is 24.4 Å². The summed E-state index contributed by atoms with van der Waals surface area (Å²) in [5.41, 5.74) is 4.71. The number of benzene rings is 2. The predicted octanol–water partition coefficient (Wildman–Crippen LogP) is 5.11. The van der Waals surface area contributed by atoms with E-state index < -0.39 is 0 Å². The second-order valence-electron chi connectivity index (χ2n) is 5.43. The second kappa shape index (κ2) is 5.96. The summed E-state index contributed by atoms with van der Waals surface area (Å²) in [6.07, 6.45) is 2.95. The summed E-state index contributed by atoms with van der Waals surface area (Å²) >= 11 is 0. The Balaban J connectivity index is 1.86. The maximum absolute atomic E-state index is 4.51. The molecule has 21 heavy (non-hydrogen) atoms. The van der Waals surface area contributed by atoms with E-state index >= 15 is 0 Å². The molecule has 0 fully saturated rings. The van der Waals surface area contributed by atoms with E-state index in [0.29, 0.717) is 6.04 Å². The van der Waals surface area contributed by atoms with E-state index in [0.717, 1.165) is 17.6 Å². The van der Waals surface area contributed by atoms with Crippen LogP contribution in [0.25, 0.3) is 10.9 Å². The molecule has 0 bridgehead atoms. The van der Waals surface area contributed by atoms with Gasteiger partial charge in [0.1, 0.15) is 0 Å². The van der Waals surface area contributed by atoms with Crippen LogP contribution in [0.4, 0.5) is 5.69 Å². The van der Waals surface area contributed by atoms with E-state index in [4.69, 9.17) is 0 Å². The third-order valence-corrected chi connectivity index (χ3v) is 3.82. The van der Waals surface area contributed by atoms with Gasteiger partial charge in [0, 0.05) is 5.39 Å². The van der Waals surface area contributed by atoms with E-state index in [1.165, 1.54) is 16.5 Å².